The first-order valence-corrected chi connectivity index (χ1v) is 6.39. The largest absolute Gasteiger partial charge is 0.478 e. The molecule has 1 N–H and O–H groups in total. The fraction of sp³-hybridized carbons (Fsp3) is 0.714. The summed E-state index contributed by atoms with van der Waals surface area (Å²) in [4.78, 5) is 32.1. The van der Waals surface area contributed by atoms with Gasteiger partial charge in [0.1, 0.15) is 5.60 Å². The first kappa shape index (κ1) is 18.6. The molecule has 0 rings (SSSR count). The van der Waals surface area contributed by atoms with Gasteiger partial charge in [-0.25, -0.2) is 9.59 Å². The van der Waals surface area contributed by atoms with Gasteiger partial charge in [-0.15, -0.1) is 0 Å². The van der Waals surface area contributed by atoms with E-state index in [2.05, 4.69) is 9.93 Å². The summed E-state index contributed by atoms with van der Waals surface area (Å²) in [5.41, 5.74) is -1.35. The minimum Gasteiger partial charge on any atom is -0.478 e. The van der Waals surface area contributed by atoms with Crippen LogP contribution in [0, 0.1) is 11.3 Å². The summed E-state index contributed by atoms with van der Waals surface area (Å²) < 4.78 is 0. The molecule has 20 heavy (non-hydrogen) atoms. The van der Waals surface area contributed by atoms with E-state index in [1.54, 1.807) is 34.6 Å². The van der Waals surface area contributed by atoms with Crippen molar-refractivity contribution in [2.75, 3.05) is 0 Å². The van der Waals surface area contributed by atoms with Crippen molar-refractivity contribution in [2.24, 2.45) is 11.3 Å². The van der Waals surface area contributed by atoms with Crippen molar-refractivity contribution in [2.45, 2.75) is 54.1 Å². The molecule has 0 saturated heterocycles. The van der Waals surface area contributed by atoms with Gasteiger partial charge in [-0.1, -0.05) is 34.6 Å². The molecule has 0 unspecified atom stereocenters. The highest BCUT2D eigenvalue weighted by molar-refractivity contribution is 5.96. The second-order valence-electron chi connectivity index (χ2n) is 6.43. The van der Waals surface area contributed by atoms with E-state index in [0.717, 1.165) is 6.08 Å². The molecule has 0 atom stereocenters. The lowest BCUT2D eigenvalue weighted by molar-refractivity contribution is -0.520. The smallest absolute Gasteiger partial charge is 0.373 e. The van der Waals surface area contributed by atoms with E-state index in [-0.39, 0.29) is 11.5 Å². The summed E-state index contributed by atoms with van der Waals surface area (Å²) in [6.45, 7) is 12.5. The number of carboxylic acid groups (broad SMARTS) is 1. The molecule has 0 spiro atoms. The van der Waals surface area contributed by atoms with E-state index < -0.39 is 23.0 Å². The van der Waals surface area contributed by atoms with Gasteiger partial charge in [0, 0.05) is 6.08 Å². The molecule has 0 fully saturated rings. The fourth-order valence-electron chi connectivity index (χ4n) is 0.982. The van der Waals surface area contributed by atoms with Gasteiger partial charge >= 0.3 is 11.9 Å². The van der Waals surface area contributed by atoms with Gasteiger partial charge in [0.15, 0.2) is 0 Å². The first-order chi connectivity index (χ1) is 8.88. The van der Waals surface area contributed by atoms with Gasteiger partial charge in [0.2, 0.25) is 0 Å². The number of carboxylic acids is 1. The van der Waals surface area contributed by atoms with Crippen molar-refractivity contribution in [1.82, 2.24) is 0 Å². The molecular formula is C14H24O6. The van der Waals surface area contributed by atoms with E-state index in [1.807, 2.05) is 13.8 Å². The average Bonchev–Trinajstić information content (AvgIpc) is 2.23. The third-order valence-electron chi connectivity index (χ3n) is 3.04. The third kappa shape index (κ3) is 6.16. The van der Waals surface area contributed by atoms with Crippen LogP contribution in [0.3, 0.4) is 0 Å². The number of rotatable bonds is 6. The topological polar surface area (TPSA) is 82.1 Å². The van der Waals surface area contributed by atoms with Crippen molar-refractivity contribution in [3.63, 3.8) is 0 Å². The fourth-order valence-corrected chi connectivity index (χ4v) is 0.982. The van der Waals surface area contributed by atoms with Crippen LogP contribution in [0.25, 0.3) is 0 Å². The number of carbonyl (C=O) groups is 2. The monoisotopic (exact) mass is 288 g/mol. The zero-order chi connectivity index (χ0) is 16.1. The Morgan fingerprint density at radius 2 is 1.60 bits per heavy atom. The molecule has 0 heterocycles. The summed E-state index contributed by atoms with van der Waals surface area (Å²) in [5, 5.41) is 13.3. The normalized spacial score (nSPS) is 13.5. The van der Waals surface area contributed by atoms with Crippen LogP contribution >= 0.6 is 0 Å². The SMILES string of the molecule is CC(C)C(C)(C)OOOC(=O)C(=CC(=O)O)C(C)(C)C. The van der Waals surface area contributed by atoms with Gasteiger partial charge in [-0.2, -0.15) is 4.89 Å². The van der Waals surface area contributed by atoms with Gasteiger partial charge < -0.3 is 5.11 Å². The third-order valence-corrected chi connectivity index (χ3v) is 3.04. The molecule has 0 bridgehead atoms. The second kappa shape index (κ2) is 6.85. The van der Waals surface area contributed by atoms with E-state index in [4.69, 9.17) is 9.99 Å². The lowest BCUT2D eigenvalue weighted by Crippen LogP contribution is -2.32. The number of aliphatic carboxylic acids is 1. The maximum Gasteiger partial charge on any atom is 0.373 e. The Labute approximate surface area is 119 Å². The van der Waals surface area contributed by atoms with Crippen molar-refractivity contribution in [1.29, 1.82) is 0 Å². The predicted octanol–water partition coefficient (Wildman–Crippen LogP) is 2.88. The Bertz CT molecular complexity index is 387. The van der Waals surface area contributed by atoms with Crippen LogP contribution in [-0.4, -0.2) is 22.6 Å². The zero-order valence-corrected chi connectivity index (χ0v) is 13.1. The van der Waals surface area contributed by atoms with Crippen LogP contribution in [0.4, 0.5) is 0 Å². The minimum atomic E-state index is -1.23. The Hall–Kier alpha value is -1.40. The van der Waals surface area contributed by atoms with Crippen LogP contribution in [-0.2, 0) is 24.4 Å². The van der Waals surface area contributed by atoms with Crippen LogP contribution in [0.2, 0.25) is 0 Å². The Balaban J connectivity index is 4.71. The lowest BCUT2D eigenvalue weighted by Gasteiger charge is -2.26. The van der Waals surface area contributed by atoms with Crippen LogP contribution < -0.4 is 0 Å². The molecule has 6 heteroatoms. The highest BCUT2D eigenvalue weighted by Crippen LogP contribution is 2.27. The molecule has 0 aromatic rings. The summed E-state index contributed by atoms with van der Waals surface area (Å²) in [6.07, 6.45) is 0.805. The molecular weight excluding hydrogens is 264 g/mol. The first-order valence-electron chi connectivity index (χ1n) is 6.39. The Morgan fingerprint density at radius 3 is 1.95 bits per heavy atom. The van der Waals surface area contributed by atoms with Gasteiger partial charge in [0.05, 0.1) is 5.57 Å². The minimum absolute atomic E-state index is 0.0176. The molecule has 0 saturated carbocycles. The average molecular weight is 288 g/mol. The molecule has 0 aliphatic rings. The molecule has 0 amide bonds. The maximum atomic E-state index is 11.8. The quantitative estimate of drug-likeness (QED) is 0.460. The van der Waals surface area contributed by atoms with E-state index in [0.29, 0.717) is 0 Å². The Kier molecular flexibility index (Phi) is 6.37. The molecule has 6 nitrogen and oxygen atoms in total. The van der Waals surface area contributed by atoms with E-state index in [9.17, 15) is 9.59 Å². The van der Waals surface area contributed by atoms with Gasteiger partial charge in [-0.3, -0.25) is 4.89 Å². The van der Waals surface area contributed by atoms with Crippen LogP contribution in [0.5, 0.6) is 0 Å². The second-order valence-corrected chi connectivity index (χ2v) is 6.43. The van der Waals surface area contributed by atoms with Crippen molar-refractivity contribution in [3.05, 3.63) is 11.6 Å². The number of hydrogen-bond acceptors (Lipinski definition) is 5. The number of carbonyl (C=O) groups excluding carboxylic acids is 1. The highest BCUT2D eigenvalue weighted by Gasteiger charge is 2.29. The number of hydrogen-bond donors (Lipinski definition) is 1. The van der Waals surface area contributed by atoms with Crippen molar-refractivity contribution in [3.8, 4) is 0 Å². The predicted molar refractivity (Wildman–Crippen MR) is 72.4 cm³/mol. The molecule has 0 radical (unpaired) electrons. The molecule has 0 aliphatic carbocycles. The zero-order valence-electron chi connectivity index (χ0n) is 13.1. The van der Waals surface area contributed by atoms with Crippen molar-refractivity contribution >= 4 is 11.9 Å². The molecule has 0 aliphatic heterocycles. The highest BCUT2D eigenvalue weighted by atomic mass is 17.5. The summed E-state index contributed by atoms with van der Waals surface area (Å²) >= 11 is 0. The van der Waals surface area contributed by atoms with Crippen LogP contribution in [0.15, 0.2) is 11.6 Å². The summed E-state index contributed by atoms with van der Waals surface area (Å²) in [7, 11) is 0. The summed E-state index contributed by atoms with van der Waals surface area (Å²) in [6, 6.07) is 0. The Morgan fingerprint density at radius 1 is 1.10 bits per heavy atom. The summed E-state index contributed by atoms with van der Waals surface area (Å²) in [5.74, 6) is -1.98. The standard InChI is InChI=1S/C14H24O6/c1-9(2)14(6,7)19-20-18-12(17)10(8-11(15)16)13(3,4)5/h8-9H,1-7H3,(H,15,16). The van der Waals surface area contributed by atoms with Crippen LogP contribution in [0.1, 0.15) is 48.5 Å². The van der Waals surface area contributed by atoms with E-state index in [1.165, 1.54) is 0 Å². The molecule has 0 aromatic heterocycles. The van der Waals surface area contributed by atoms with E-state index >= 15 is 0 Å². The maximum absolute atomic E-state index is 11.8. The lowest BCUT2D eigenvalue weighted by atomic mass is 9.86. The molecule has 116 valence electrons. The molecule has 0 aromatic carbocycles. The van der Waals surface area contributed by atoms with Gasteiger partial charge in [0.25, 0.3) is 0 Å². The van der Waals surface area contributed by atoms with Gasteiger partial charge in [-0.05, 0) is 30.2 Å². The van der Waals surface area contributed by atoms with Crippen molar-refractivity contribution < 1.29 is 29.5 Å².